The Labute approximate surface area is 117 Å². The average molecular weight is 289 g/mol. The number of hydrogen-bond acceptors (Lipinski definition) is 4. The van der Waals surface area contributed by atoms with E-state index in [-0.39, 0.29) is 5.75 Å². The van der Waals surface area contributed by atoms with Gasteiger partial charge in [0.2, 0.25) is 10.0 Å². The first-order chi connectivity index (χ1) is 9.03. The van der Waals surface area contributed by atoms with Gasteiger partial charge in [0.15, 0.2) is 0 Å². The number of hydrogen-bond donors (Lipinski definition) is 1. The van der Waals surface area contributed by atoms with Gasteiger partial charge in [-0.1, -0.05) is 6.92 Å². The van der Waals surface area contributed by atoms with E-state index in [0.29, 0.717) is 25.2 Å². The van der Waals surface area contributed by atoms with Crippen LogP contribution in [0.4, 0.5) is 0 Å². The van der Waals surface area contributed by atoms with E-state index in [1.807, 2.05) is 0 Å². The molecule has 0 spiro atoms. The predicted molar refractivity (Wildman–Crippen MR) is 77.7 cm³/mol. The Hall–Kier alpha value is -0.170. The third kappa shape index (κ3) is 4.41. The average Bonchev–Trinajstić information content (AvgIpc) is 3.07. The van der Waals surface area contributed by atoms with Crippen LogP contribution in [0.3, 0.4) is 0 Å². The number of likely N-dealkylation sites (N-methyl/N-ethyl adjacent to an activating group) is 2. The Morgan fingerprint density at radius 3 is 2.68 bits per heavy atom. The first-order valence-corrected chi connectivity index (χ1v) is 9.05. The first-order valence-electron chi connectivity index (χ1n) is 7.44. The molecule has 2 rings (SSSR count). The van der Waals surface area contributed by atoms with E-state index < -0.39 is 10.0 Å². The minimum atomic E-state index is -3.10. The van der Waals surface area contributed by atoms with Crippen LogP contribution in [-0.4, -0.2) is 68.7 Å². The Balaban J connectivity index is 1.77. The van der Waals surface area contributed by atoms with Crippen LogP contribution in [0, 0.1) is 0 Å². The normalized spacial score (nSPS) is 25.3. The van der Waals surface area contributed by atoms with Crippen LogP contribution in [0.2, 0.25) is 0 Å². The molecule has 1 aliphatic heterocycles. The summed E-state index contributed by atoms with van der Waals surface area (Å²) >= 11 is 0. The lowest BCUT2D eigenvalue weighted by Crippen LogP contribution is -2.43. The van der Waals surface area contributed by atoms with Crippen molar-refractivity contribution >= 4 is 10.0 Å². The van der Waals surface area contributed by atoms with Crippen molar-refractivity contribution in [2.75, 3.05) is 39.0 Å². The molecule has 5 nitrogen and oxygen atoms in total. The molecule has 6 heteroatoms. The molecule has 0 aromatic heterocycles. The molecule has 1 aliphatic carbocycles. The maximum Gasteiger partial charge on any atom is 0.215 e. The van der Waals surface area contributed by atoms with Crippen molar-refractivity contribution in [3.63, 3.8) is 0 Å². The smallest absolute Gasteiger partial charge is 0.215 e. The second-order valence-corrected chi connectivity index (χ2v) is 7.94. The minimum absolute atomic E-state index is 0.221. The summed E-state index contributed by atoms with van der Waals surface area (Å²) in [4.78, 5) is 2.38. The molecular weight excluding hydrogens is 262 g/mol. The summed E-state index contributed by atoms with van der Waals surface area (Å²) in [6, 6.07) is 0.979. The third-order valence-corrected chi connectivity index (χ3v) is 6.04. The summed E-state index contributed by atoms with van der Waals surface area (Å²) in [5, 5.41) is 3.26. The number of rotatable bonds is 8. The van der Waals surface area contributed by atoms with E-state index in [1.165, 1.54) is 19.3 Å². The third-order valence-electron chi connectivity index (χ3n) is 4.22. The van der Waals surface area contributed by atoms with Gasteiger partial charge in [0.25, 0.3) is 0 Å². The van der Waals surface area contributed by atoms with Gasteiger partial charge >= 0.3 is 0 Å². The van der Waals surface area contributed by atoms with Crippen LogP contribution in [-0.2, 0) is 10.0 Å². The van der Waals surface area contributed by atoms with Gasteiger partial charge in [-0.3, -0.25) is 4.90 Å². The van der Waals surface area contributed by atoms with Crippen molar-refractivity contribution in [1.29, 1.82) is 0 Å². The van der Waals surface area contributed by atoms with Gasteiger partial charge in [-0.25, -0.2) is 12.7 Å². The summed E-state index contributed by atoms with van der Waals surface area (Å²) < 4.78 is 25.9. The number of likely N-dealkylation sites (tertiary alicyclic amines) is 1. The Bertz CT molecular complexity index is 381. The van der Waals surface area contributed by atoms with E-state index in [9.17, 15) is 8.42 Å². The van der Waals surface area contributed by atoms with Crippen molar-refractivity contribution in [2.45, 2.75) is 44.7 Å². The standard InChI is InChI=1S/C13H27N3O2S/c1-3-16-9-4-5-13(16)11-15(2)19(17,18)10-8-14-12-6-7-12/h12-14H,3-11H2,1-2H3. The lowest BCUT2D eigenvalue weighted by atomic mass is 10.2. The van der Waals surface area contributed by atoms with Crippen molar-refractivity contribution in [3.8, 4) is 0 Å². The molecule has 0 aromatic carbocycles. The molecule has 1 unspecified atom stereocenters. The maximum atomic E-state index is 12.2. The highest BCUT2D eigenvalue weighted by Crippen LogP contribution is 2.19. The highest BCUT2D eigenvalue weighted by Gasteiger charge is 2.28. The van der Waals surface area contributed by atoms with Gasteiger partial charge < -0.3 is 5.32 Å². The lowest BCUT2D eigenvalue weighted by Gasteiger charge is -2.27. The van der Waals surface area contributed by atoms with Crippen LogP contribution in [0.1, 0.15) is 32.6 Å². The molecule has 1 saturated heterocycles. The van der Waals surface area contributed by atoms with Crippen molar-refractivity contribution in [2.24, 2.45) is 0 Å². The van der Waals surface area contributed by atoms with Crippen LogP contribution in [0.15, 0.2) is 0 Å². The fourth-order valence-corrected chi connectivity index (χ4v) is 3.85. The van der Waals surface area contributed by atoms with E-state index in [1.54, 1.807) is 11.4 Å². The number of sulfonamides is 1. The van der Waals surface area contributed by atoms with Crippen molar-refractivity contribution in [3.05, 3.63) is 0 Å². The molecular formula is C13H27N3O2S. The predicted octanol–water partition coefficient (Wildman–Crippen LogP) is 0.484. The maximum absolute atomic E-state index is 12.2. The lowest BCUT2D eigenvalue weighted by molar-refractivity contribution is 0.237. The Morgan fingerprint density at radius 1 is 1.32 bits per heavy atom. The zero-order valence-electron chi connectivity index (χ0n) is 12.1. The summed E-state index contributed by atoms with van der Waals surface area (Å²) in [5.74, 6) is 0.221. The van der Waals surface area contributed by atoms with Crippen LogP contribution in [0.25, 0.3) is 0 Å². The first kappa shape index (κ1) is 15.2. The zero-order valence-corrected chi connectivity index (χ0v) is 13.0. The molecule has 0 aromatic rings. The van der Waals surface area contributed by atoms with Crippen LogP contribution in [0.5, 0.6) is 0 Å². The van der Waals surface area contributed by atoms with Gasteiger partial charge in [0.05, 0.1) is 5.75 Å². The van der Waals surface area contributed by atoms with Gasteiger partial charge in [-0.05, 0) is 38.8 Å². The minimum Gasteiger partial charge on any atom is -0.313 e. The second kappa shape index (κ2) is 6.52. The van der Waals surface area contributed by atoms with E-state index >= 15 is 0 Å². The van der Waals surface area contributed by atoms with E-state index in [4.69, 9.17) is 0 Å². The van der Waals surface area contributed by atoms with Crippen molar-refractivity contribution < 1.29 is 8.42 Å². The van der Waals surface area contributed by atoms with Gasteiger partial charge in [-0.2, -0.15) is 0 Å². The topological polar surface area (TPSA) is 52.7 Å². The summed E-state index contributed by atoms with van der Waals surface area (Å²) in [7, 11) is -1.38. The van der Waals surface area contributed by atoms with Gasteiger partial charge in [0.1, 0.15) is 0 Å². The zero-order chi connectivity index (χ0) is 13.9. The molecule has 112 valence electrons. The van der Waals surface area contributed by atoms with E-state index in [2.05, 4.69) is 17.1 Å². The van der Waals surface area contributed by atoms with Gasteiger partial charge in [-0.15, -0.1) is 0 Å². The SMILES string of the molecule is CCN1CCCC1CN(C)S(=O)(=O)CCNC1CC1. The van der Waals surface area contributed by atoms with Crippen LogP contribution < -0.4 is 5.32 Å². The summed E-state index contributed by atoms with van der Waals surface area (Å²) in [6.07, 6.45) is 4.70. The van der Waals surface area contributed by atoms with Gasteiger partial charge in [0, 0.05) is 32.2 Å². The van der Waals surface area contributed by atoms with Crippen LogP contribution >= 0.6 is 0 Å². The molecule has 0 bridgehead atoms. The highest BCUT2D eigenvalue weighted by molar-refractivity contribution is 7.89. The molecule has 1 atom stereocenters. The van der Waals surface area contributed by atoms with Crippen molar-refractivity contribution in [1.82, 2.24) is 14.5 Å². The molecule has 0 amide bonds. The quantitative estimate of drug-likeness (QED) is 0.706. The van der Waals surface area contributed by atoms with E-state index in [0.717, 1.165) is 19.5 Å². The summed E-state index contributed by atoms with van der Waals surface area (Å²) in [5.41, 5.74) is 0. The fourth-order valence-electron chi connectivity index (χ4n) is 2.76. The monoisotopic (exact) mass is 289 g/mol. The number of nitrogens with zero attached hydrogens (tertiary/aromatic N) is 2. The Morgan fingerprint density at radius 2 is 2.05 bits per heavy atom. The molecule has 1 heterocycles. The highest BCUT2D eigenvalue weighted by atomic mass is 32.2. The summed E-state index contributed by atoms with van der Waals surface area (Å²) in [6.45, 7) is 5.49. The molecule has 0 radical (unpaired) electrons. The molecule has 1 saturated carbocycles. The fraction of sp³-hybridized carbons (Fsp3) is 1.00. The molecule has 1 N–H and O–H groups in total. The largest absolute Gasteiger partial charge is 0.313 e. The molecule has 19 heavy (non-hydrogen) atoms. The number of nitrogens with one attached hydrogen (secondary N) is 1. The molecule has 2 aliphatic rings. The second-order valence-electron chi connectivity index (χ2n) is 5.75. The molecule has 2 fully saturated rings. The Kier molecular flexibility index (Phi) is 5.22.